The van der Waals surface area contributed by atoms with Gasteiger partial charge in [0.2, 0.25) is 0 Å². The standard InChI is InChI=1S/C15H16N2O3/c1-9-3-4-10(7-13(9)18)15(19)17-12-6-5-11(16)8-14(12)20-2/h3-8,18H,16H2,1-2H3,(H,17,19). The number of nitrogens with two attached hydrogens (primary N) is 1. The van der Waals surface area contributed by atoms with Gasteiger partial charge in [-0.25, -0.2) is 0 Å². The molecule has 2 rings (SSSR count). The van der Waals surface area contributed by atoms with Gasteiger partial charge in [0, 0.05) is 17.3 Å². The summed E-state index contributed by atoms with van der Waals surface area (Å²) in [6, 6.07) is 9.72. The van der Waals surface area contributed by atoms with Gasteiger partial charge in [0.05, 0.1) is 12.8 Å². The minimum absolute atomic E-state index is 0.0851. The van der Waals surface area contributed by atoms with E-state index < -0.39 is 0 Å². The maximum absolute atomic E-state index is 12.1. The van der Waals surface area contributed by atoms with E-state index in [4.69, 9.17) is 10.5 Å². The first-order valence-electron chi connectivity index (χ1n) is 6.05. The Morgan fingerprint density at radius 3 is 2.65 bits per heavy atom. The van der Waals surface area contributed by atoms with Crippen molar-refractivity contribution in [2.24, 2.45) is 0 Å². The summed E-state index contributed by atoms with van der Waals surface area (Å²) in [5.74, 6) is 0.236. The fourth-order valence-electron chi connectivity index (χ4n) is 1.76. The highest BCUT2D eigenvalue weighted by atomic mass is 16.5. The number of nitrogen functional groups attached to an aromatic ring is 1. The maximum atomic E-state index is 12.1. The second-order valence-electron chi connectivity index (χ2n) is 4.42. The topological polar surface area (TPSA) is 84.6 Å². The Morgan fingerprint density at radius 1 is 1.25 bits per heavy atom. The van der Waals surface area contributed by atoms with Gasteiger partial charge in [0.15, 0.2) is 0 Å². The van der Waals surface area contributed by atoms with Gasteiger partial charge >= 0.3 is 0 Å². The van der Waals surface area contributed by atoms with Crippen LogP contribution in [0.2, 0.25) is 0 Å². The lowest BCUT2D eigenvalue weighted by atomic mass is 10.1. The van der Waals surface area contributed by atoms with Crippen molar-refractivity contribution >= 4 is 17.3 Å². The number of phenolic OH excluding ortho intramolecular Hbond substituents is 1. The zero-order valence-electron chi connectivity index (χ0n) is 11.3. The maximum Gasteiger partial charge on any atom is 0.255 e. The van der Waals surface area contributed by atoms with Crippen molar-refractivity contribution in [1.29, 1.82) is 0 Å². The number of carbonyl (C=O) groups is 1. The van der Waals surface area contributed by atoms with Gasteiger partial charge in [-0.15, -0.1) is 0 Å². The molecule has 5 nitrogen and oxygen atoms in total. The molecule has 5 heteroatoms. The minimum atomic E-state index is -0.330. The van der Waals surface area contributed by atoms with E-state index in [1.165, 1.54) is 13.2 Å². The van der Waals surface area contributed by atoms with Crippen LogP contribution < -0.4 is 15.8 Å². The van der Waals surface area contributed by atoms with E-state index in [-0.39, 0.29) is 11.7 Å². The lowest BCUT2D eigenvalue weighted by molar-refractivity contribution is 0.102. The highest BCUT2D eigenvalue weighted by molar-refractivity contribution is 6.05. The van der Waals surface area contributed by atoms with E-state index in [1.807, 2.05) is 0 Å². The molecule has 0 saturated heterocycles. The fraction of sp³-hybridized carbons (Fsp3) is 0.133. The number of hydrogen-bond acceptors (Lipinski definition) is 4. The van der Waals surface area contributed by atoms with Crippen LogP contribution in [-0.2, 0) is 0 Å². The second-order valence-corrected chi connectivity index (χ2v) is 4.42. The highest BCUT2D eigenvalue weighted by Gasteiger charge is 2.11. The van der Waals surface area contributed by atoms with E-state index in [1.54, 1.807) is 37.3 Å². The van der Waals surface area contributed by atoms with E-state index in [0.717, 1.165) is 0 Å². The zero-order valence-corrected chi connectivity index (χ0v) is 11.3. The number of rotatable bonds is 3. The molecule has 0 aliphatic carbocycles. The highest BCUT2D eigenvalue weighted by Crippen LogP contribution is 2.27. The van der Waals surface area contributed by atoms with Crippen LogP contribution in [0.25, 0.3) is 0 Å². The first kappa shape index (κ1) is 13.7. The Hall–Kier alpha value is -2.69. The molecular weight excluding hydrogens is 256 g/mol. The van der Waals surface area contributed by atoms with Crippen LogP contribution in [0.1, 0.15) is 15.9 Å². The van der Waals surface area contributed by atoms with Crippen LogP contribution in [0, 0.1) is 6.92 Å². The van der Waals surface area contributed by atoms with Gasteiger partial charge in [0.25, 0.3) is 5.91 Å². The van der Waals surface area contributed by atoms with Gasteiger partial charge in [-0.05, 0) is 36.8 Å². The van der Waals surface area contributed by atoms with Crippen molar-refractivity contribution in [2.75, 3.05) is 18.2 Å². The number of hydrogen-bond donors (Lipinski definition) is 3. The Morgan fingerprint density at radius 2 is 2.00 bits per heavy atom. The summed E-state index contributed by atoms with van der Waals surface area (Å²) in [7, 11) is 1.50. The first-order chi connectivity index (χ1) is 9.51. The summed E-state index contributed by atoms with van der Waals surface area (Å²) in [6.45, 7) is 1.76. The number of carbonyl (C=O) groups excluding carboxylic acids is 1. The van der Waals surface area contributed by atoms with Gasteiger partial charge in [-0.1, -0.05) is 6.07 Å². The monoisotopic (exact) mass is 272 g/mol. The zero-order chi connectivity index (χ0) is 14.7. The summed E-state index contributed by atoms with van der Waals surface area (Å²) >= 11 is 0. The third-order valence-electron chi connectivity index (χ3n) is 2.95. The predicted molar refractivity (Wildman–Crippen MR) is 78.2 cm³/mol. The van der Waals surface area contributed by atoms with Crippen LogP contribution in [0.3, 0.4) is 0 Å². The van der Waals surface area contributed by atoms with Gasteiger partial charge in [-0.2, -0.15) is 0 Å². The van der Waals surface area contributed by atoms with Crippen molar-refractivity contribution < 1.29 is 14.6 Å². The second kappa shape index (κ2) is 5.52. The predicted octanol–water partition coefficient (Wildman–Crippen LogP) is 2.54. The van der Waals surface area contributed by atoms with Gasteiger partial charge in [-0.3, -0.25) is 4.79 Å². The number of benzene rings is 2. The lowest BCUT2D eigenvalue weighted by Gasteiger charge is -2.11. The van der Waals surface area contributed by atoms with E-state index in [0.29, 0.717) is 28.3 Å². The molecule has 1 amide bonds. The quantitative estimate of drug-likeness (QED) is 0.750. The summed E-state index contributed by atoms with van der Waals surface area (Å²) in [5.41, 5.74) is 7.81. The summed E-state index contributed by atoms with van der Waals surface area (Å²) in [4.78, 5) is 12.1. The number of ether oxygens (including phenoxy) is 1. The van der Waals surface area contributed by atoms with Crippen molar-refractivity contribution in [3.8, 4) is 11.5 Å². The van der Waals surface area contributed by atoms with Crippen molar-refractivity contribution in [2.45, 2.75) is 6.92 Å². The number of anilines is 2. The number of phenols is 1. The molecule has 0 atom stereocenters. The van der Waals surface area contributed by atoms with Gasteiger partial charge in [0.1, 0.15) is 11.5 Å². The Bertz CT molecular complexity index is 654. The summed E-state index contributed by atoms with van der Waals surface area (Å²) < 4.78 is 5.16. The smallest absolute Gasteiger partial charge is 0.255 e. The fourth-order valence-corrected chi connectivity index (χ4v) is 1.76. The molecule has 0 radical (unpaired) electrons. The molecule has 0 heterocycles. The molecule has 0 saturated carbocycles. The number of aryl methyl sites for hydroxylation is 1. The van der Waals surface area contributed by atoms with Crippen LogP contribution >= 0.6 is 0 Å². The first-order valence-corrected chi connectivity index (χ1v) is 6.05. The SMILES string of the molecule is COc1cc(N)ccc1NC(=O)c1ccc(C)c(O)c1. The molecule has 4 N–H and O–H groups in total. The molecule has 0 fully saturated rings. The Balaban J connectivity index is 2.25. The number of methoxy groups -OCH3 is 1. The molecule has 0 unspecified atom stereocenters. The van der Waals surface area contributed by atoms with Crippen LogP contribution in [0.4, 0.5) is 11.4 Å². The molecular formula is C15H16N2O3. The number of aromatic hydroxyl groups is 1. The average molecular weight is 272 g/mol. The van der Waals surface area contributed by atoms with Crippen molar-refractivity contribution in [3.05, 3.63) is 47.5 Å². The molecule has 0 spiro atoms. The average Bonchev–Trinajstić information content (AvgIpc) is 2.43. The van der Waals surface area contributed by atoms with Crippen LogP contribution in [0.15, 0.2) is 36.4 Å². The molecule has 0 aliphatic rings. The molecule has 20 heavy (non-hydrogen) atoms. The van der Waals surface area contributed by atoms with Crippen molar-refractivity contribution in [1.82, 2.24) is 0 Å². The largest absolute Gasteiger partial charge is 0.508 e. The third-order valence-corrected chi connectivity index (χ3v) is 2.95. The molecule has 2 aromatic rings. The van der Waals surface area contributed by atoms with Crippen LogP contribution in [0.5, 0.6) is 11.5 Å². The molecule has 2 aromatic carbocycles. The Labute approximate surface area is 117 Å². The number of amides is 1. The summed E-state index contributed by atoms with van der Waals surface area (Å²) in [5, 5.41) is 12.4. The Kier molecular flexibility index (Phi) is 3.79. The summed E-state index contributed by atoms with van der Waals surface area (Å²) in [6.07, 6.45) is 0. The van der Waals surface area contributed by atoms with Crippen LogP contribution in [-0.4, -0.2) is 18.1 Å². The van der Waals surface area contributed by atoms with E-state index >= 15 is 0 Å². The molecule has 0 bridgehead atoms. The van der Waals surface area contributed by atoms with E-state index in [9.17, 15) is 9.90 Å². The lowest BCUT2D eigenvalue weighted by Crippen LogP contribution is -2.12. The minimum Gasteiger partial charge on any atom is -0.508 e. The molecule has 104 valence electrons. The third kappa shape index (κ3) is 2.83. The normalized spacial score (nSPS) is 10.1. The van der Waals surface area contributed by atoms with Crippen molar-refractivity contribution in [3.63, 3.8) is 0 Å². The van der Waals surface area contributed by atoms with E-state index in [2.05, 4.69) is 5.32 Å². The molecule has 0 aromatic heterocycles. The number of nitrogens with one attached hydrogen (secondary N) is 1. The van der Waals surface area contributed by atoms with Gasteiger partial charge < -0.3 is 20.9 Å². The molecule has 0 aliphatic heterocycles.